The van der Waals surface area contributed by atoms with E-state index >= 15 is 0 Å². The van der Waals surface area contributed by atoms with E-state index in [1.165, 1.54) is 64.2 Å². The van der Waals surface area contributed by atoms with Gasteiger partial charge in [0.25, 0.3) is 0 Å². The van der Waals surface area contributed by atoms with Gasteiger partial charge in [-0.2, -0.15) is 4.98 Å². The Bertz CT molecular complexity index is 725. The summed E-state index contributed by atoms with van der Waals surface area (Å²) < 4.78 is 7.67. The highest BCUT2D eigenvalue weighted by Crippen LogP contribution is 2.28. The van der Waals surface area contributed by atoms with Crippen molar-refractivity contribution in [3.63, 3.8) is 0 Å². The lowest BCUT2D eigenvalue weighted by atomic mass is 9.95. The molecule has 4 heteroatoms. The number of furan rings is 1. The lowest BCUT2D eigenvalue weighted by Gasteiger charge is -2.23. The van der Waals surface area contributed by atoms with Gasteiger partial charge in [0.2, 0.25) is 5.71 Å². The van der Waals surface area contributed by atoms with Crippen LogP contribution >= 0.6 is 0 Å². The van der Waals surface area contributed by atoms with Gasteiger partial charge in [0.15, 0.2) is 0 Å². The molecule has 1 aliphatic rings. The number of aromatic nitrogens is 2. The zero-order valence-corrected chi connectivity index (χ0v) is 16.3. The largest absolute Gasteiger partial charge is 0.443 e. The smallest absolute Gasteiger partial charge is 0.351 e. The fraction of sp³-hybridized carbons (Fsp3) is 0.727. The SMILES string of the molecule is CCCCCCCCCCc1cc2cn(C3CCCCC3)c(=O)nc2o1. The molecule has 0 unspecified atom stereocenters. The second kappa shape index (κ2) is 9.94. The van der Waals surface area contributed by atoms with E-state index in [-0.39, 0.29) is 5.69 Å². The average molecular weight is 359 g/mol. The Balaban J connectivity index is 1.51. The minimum Gasteiger partial charge on any atom is -0.443 e. The third-order valence-electron chi connectivity index (χ3n) is 5.73. The summed E-state index contributed by atoms with van der Waals surface area (Å²) in [5, 5.41) is 0.977. The van der Waals surface area contributed by atoms with Crippen molar-refractivity contribution in [2.45, 2.75) is 103 Å². The molecule has 0 spiro atoms. The predicted molar refractivity (Wildman–Crippen MR) is 107 cm³/mol. The van der Waals surface area contributed by atoms with Crippen molar-refractivity contribution in [3.8, 4) is 0 Å². The first-order valence-electron chi connectivity index (χ1n) is 10.8. The Kier molecular flexibility index (Phi) is 7.33. The van der Waals surface area contributed by atoms with Crippen molar-refractivity contribution >= 4 is 11.1 Å². The van der Waals surface area contributed by atoms with Crippen LogP contribution in [0.3, 0.4) is 0 Å². The number of rotatable bonds is 10. The van der Waals surface area contributed by atoms with Gasteiger partial charge < -0.3 is 4.42 Å². The molecule has 0 aromatic carbocycles. The Labute approximate surface area is 157 Å². The average Bonchev–Trinajstić information content (AvgIpc) is 3.05. The first-order chi connectivity index (χ1) is 12.8. The monoisotopic (exact) mass is 358 g/mol. The number of aryl methyl sites for hydroxylation is 1. The van der Waals surface area contributed by atoms with Gasteiger partial charge in [0.05, 0.1) is 5.39 Å². The quantitative estimate of drug-likeness (QED) is 0.477. The molecule has 0 saturated heterocycles. The second-order valence-corrected chi connectivity index (χ2v) is 7.92. The molecule has 0 bridgehead atoms. The van der Waals surface area contributed by atoms with E-state index < -0.39 is 0 Å². The van der Waals surface area contributed by atoms with E-state index in [1.54, 1.807) is 0 Å². The van der Waals surface area contributed by atoms with Crippen LogP contribution in [0.15, 0.2) is 21.5 Å². The number of hydrogen-bond donors (Lipinski definition) is 0. The van der Waals surface area contributed by atoms with E-state index in [4.69, 9.17) is 4.42 Å². The van der Waals surface area contributed by atoms with Crippen LogP contribution in [0, 0.1) is 0 Å². The molecule has 1 aliphatic carbocycles. The number of nitrogens with zero attached hydrogens (tertiary/aromatic N) is 2. The Morgan fingerprint density at radius 1 is 1.04 bits per heavy atom. The van der Waals surface area contributed by atoms with Gasteiger partial charge in [-0.3, -0.25) is 4.57 Å². The molecular formula is C22H34N2O2. The van der Waals surface area contributed by atoms with Crippen molar-refractivity contribution in [1.29, 1.82) is 0 Å². The van der Waals surface area contributed by atoms with Crippen LogP contribution in [-0.4, -0.2) is 9.55 Å². The second-order valence-electron chi connectivity index (χ2n) is 7.92. The molecular weight excluding hydrogens is 324 g/mol. The number of fused-ring (bicyclic) bond motifs is 1. The lowest BCUT2D eigenvalue weighted by Crippen LogP contribution is -2.27. The van der Waals surface area contributed by atoms with Crippen LogP contribution in [0.2, 0.25) is 0 Å². The molecule has 0 atom stereocenters. The van der Waals surface area contributed by atoms with Gasteiger partial charge in [-0.15, -0.1) is 0 Å². The van der Waals surface area contributed by atoms with Crippen LogP contribution in [0.1, 0.15) is 102 Å². The van der Waals surface area contributed by atoms with E-state index in [1.807, 2.05) is 10.8 Å². The van der Waals surface area contributed by atoms with E-state index in [0.29, 0.717) is 11.8 Å². The van der Waals surface area contributed by atoms with Crippen LogP contribution in [0.25, 0.3) is 11.1 Å². The number of hydrogen-bond acceptors (Lipinski definition) is 3. The molecule has 2 aromatic rings. The van der Waals surface area contributed by atoms with Crippen LogP contribution < -0.4 is 5.69 Å². The summed E-state index contributed by atoms with van der Waals surface area (Å²) in [5.74, 6) is 0.972. The normalized spacial score (nSPS) is 15.7. The summed E-state index contributed by atoms with van der Waals surface area (Å²) in [6, 6.07) is 2.40. The highest BCUT2D eigenvalue weighted by molar-refractivity contribution is 5.72. The summed E-state index contributed by atoms with van der Waals surface area (Å²) in [6.45, 7) is 2.26. The molecule has 1 saturated carbocycles. The van der Waals surface area contributed by atoms with Gasteiger partial charge in [-0.1, -0.05) is 71.1 Å². The topological polar surface area (TPSA) is 48.0 Å². The Morgan fingerprint density at radius 3 is 2.46 bits per heavy atom. The van der Waals surface area contributed by atoms with Gasteiger partial charge in [0.1, 0.15) is 5.76 Å². The molecule has 0 radical (unpaired) electrons. The third-order valence-corrected chi connectivity index (χ3v) is 5.73. The molecule has 26 heavy (non-hydrogen) atoms. The van der Waals surface area contributed by atoms with Gasteiger partial charge in [0, 0.05) is 18.7 Å². The molecule has 2 aromatic heterocycles. The standard InChI is InChI=1S/C22H34N2O2/c1-2-3-4-5-6-7-8-12-15-20-16-18-17-24(19-13-10-9-11-14-19)22(25)23-21(18)26-20/h16-17,19H,2-15H2,1H3. The van der Waals surface area contributed by atoms with Crippen LogP contribution in [0.4, 0.5) is 0 Å². The van der Waals surface area contributed by atoms with Crippen molar-refractivity contribution in [2.75, 3.05) is 0 Å². The molecule has 144 valence electrons. The van der Waals surface area contributed by atoms with Crippen molar-refractivity contribution in [1.82, 2.24) is 9.55 Å². The fourth-order valence-electron chi connectivity index (χ4n) is 4.15. The predicted octanol–water partition coefficient (Wildman–Crippen LogP) is 6.18. The van der Waals surface area contributed by atoms with E-state index in [2.05, 4.69) is 18.0 Å². The Hall–Kier alpha value is -1.58. The molecule has 4 nitrogen and oxygen atoms in total. The highest BCUT2D eigenvalue weighted by Gasteiger charge is 2.18. The first kappa shape index (κ1) is 19.2. The maximum absolute atomic E-state index is 12.3. The zero-order chi connectivity index (χ0) is 18.2. The fourth-order valence-corrected chi connectivity index (χ4v) is 4.15. The molecule has 2 heterocycles. The summed E-state index contributed by atoms with van der Waals surface area (Å²) in [4.78, 5) is 16.5. The Morgan fingerprint density at radius 2 is 1.73 bits per heavy atom. The summed E-state index contributed by atoms with van der Waals surface area (Å²) >= 11 is 0. The molecule has 3 rings (SSSR count). The van der Waals surface area contributed by atoms with Crippen molar-refractivity contribution in [2.24, 2.45) is 0 Å². The van der Waals surface area contributed by atoms with Crippen molar-refractivity contribution < 1.29 is 4.42 Å². The maximum atomic E-state index is 12.3. The van der Waals surface area contributed by atoms with E-state index in [9.17, 15) is 4.79 Å². The summed E-state index contributed by atoms with van der Waals surface area (Å²) in [5.41, 5.74) is 0.356. The zero-order valence-electron chi connectivity index (χ0n) is 16.3. The van der Waals surface area contributed by atoms with Crippen LogP contribution in [-0.2, 0) is 6.42 Å². The lowest BCUT2D eigenvalue weighted by molar-refractivity contribution is 0.343. The summed E-state index contributed by atoms with van der Waals surface area (Å²) in [6.07, 6.45) is 19.3. The number of unbranched alkanes of at least 4 members (excludes halogenated alkanes) is 7. The minimum atomic E-state index is -0.155. The highest BCUT2D eigenvalue weighted by atomic mass is 16.3. The van der Waals surface area contributed by atoms with Crippen LogP contribution in [0.5, 0.6) is 0 Å². The molecule has 0 amide bonds. The first-order valence-corrected chi connectivity index (χ1v) is 10.8. The minimum absolute atomic E-state index is 0.155. The van der Waals surface area contributed by atoms with Crippen molar-refractivity contribution in [3.05, 3.63) is 28.5 Å². The summed E-state index contributed by atoms with van der Waals surface area (Å²) in [7, 11) is 0. The maximum Gasteiger partial charge on any atom is 0.351 e. The van der Waals surface area contributed by atoms with E-state index in [0.717, 1.165) is 36.8 Å². The molecule has 1 fully saturated rings. The molecule has 0 aliphatic heterocycles. The van der Waals surface area contributed by atoms with Gasteiger partial charge in [-0.05, 0) is 25.3 Å². The third kappa shape index (κ3) is 5.21. The van der Waals surface area contributed by atoms with Gasteiger partial charge in [-0.25, -0.2) is 4.79 Å². The van der Waals surface area contributed by atoms with Gasteiger partial charge >= 0.3 is 5.69 Å². The molecule has 0 N–H and O–H groups in total.